The Labute approximate surface area is 141 Å². The van der Waals surface area contributed by atoms with Crippen molar-refractivity contribution in [2.24, 2.45) is 5.92 Å². The molecule has 3 rings (SSSR count). The summed E-state index contributed by atoms with van der Waals surface area (Å²) in [7, 11) is 1.86. The molecule has 1 amide bonds. The molecule has 1 fully saturated rings. The highest BCUT2D eigenvalue weighted by Crippen LogP contribution is 2.30. The summed E-state index contributed by atoms with van der Waals surface area (Å²) in [6.07, 6.45) is 2.46. The van der Waals surface area contributed by atoms with Crippen LogP contribution in [0.2, 0.25) is 5.02 Å². The van der Waals surface area contributed by atoms with Gasteiger partial charge in [-0.1, -0.05) is 35.9 Å². The lowest BCUT2D eigenvalue weighted by Gasteiger charge is -2.19. The summed E-state index contributed by atoms with van der Waals surface area (Å²) in [6, 6.07) is 14.9. The Bertz CT molecular complexity index is 680. The standard InChI is InChI=1S/C19H20ClNO2/c1-21(12-14-6-7-14)19(22)17-4-2-3-5-18(17)23-13-15-8-10-16(20)11-9-15/h2-5,8-11,14H,6-7,12-13H2,1H3. The van der Waals surface area contributed by atoms with Gasteiger partial charge in [0.05, 0.1) is 5.56 Å². The van der Waals surface area contributed by atoms with Gasteiger partial charge in [0.1, 0.15) is 12.4 Å². The van der Waals surface area contributed by atoms with E-state index in [-0.39, 0.29) is 5.91 Å². The van der Waals surface area contributed by atoms with Crippen LogP contribution in [0.1, 0.15) is 28.8 Å². The van der Waals surface area contributed by atoms with Crippen molar-refractivity contribution in [3.05, 3.63) is 64.7 Å². The predicted octanol–water partition coefficient (Wildman–Crippen LogP) is 4.40. The molecular weight excluding hydrogens is 310 g/mol. The summed E-state index contributed by atoms with van der Waals surface area (Å²) >= 11 is 5.89. The van der Waals surface area contributed by atoms with E-state index in [2.05, 4.69) is 0 Å². The number of rotatable bonds is 6. The smallest absolute Gasteiger partial charge is 0.257 e. The summed E-state index contributed by atoms with van der Waals surface area (Å²) in [5.41, 5.74) is 1.63. The molecule has 0 spiro atoms. The van der Waals surface area contributed by atoms with Crippen molar-refractivity contribution in [3.8, 4) is 5.75 Å². The lowest BCUT2D eigenvalue weighted by Crippen LogP contribution is -2.29. The second kappa shape index (κ2) is 7.05. The number of para-hydroxylation sites is 1. The molecule has 0 bridgehead atoms. The van der Waals surface area contributed by atoms with Crippen LogP contribution < -0.4 is 4.74 Å². The van der Waals surface area contributed by atoms with E-state index in [0.29, 0.717) is 28.9 Å². The summed E-state index contributed by atoms with van der Waals surface area (Å²) in [4.78, 5) is 14.4. The molecule has 0 aliphatic heterocycles. The van der Waals surface area contributed by atoms with Gasteiger partial charge in [-0.2, -0.15) is 0 Å². The Morgan fingerprint density at radius 3 is 2.57 bits per heavy atom. The molecule has 120 valence electrons. The first-order valence-corrected chi connectivity index (χ1v) is 8.23. The maximum Gasteiger partial charge on any atom is 0.257 e. The van der Waals surface area contributed by atoms with Gasteiger partial charge < -0.3 is 9.64 Å². The average Bonchev–Trinajstić information content (AvgIpc) is 3.38. The molecule has 0 heterocycles. The summed E-state index contributed by atoms with van der Waals surface area (Å²) in [5.74, 6) is 1.31. The lowest BCUT2D eigenvalue weighted by molar-refractivity contribution is 0.0784. The first-order chi connectivity index (χ1) is 11.1. The third-order valence-corrected chi connectivity index (χ3v) is 4.25. The van der Waals surface area contributed by atoms with E-state index in [1.54, 1.807) is 4.90 Å². The van der Waals surface area contributed by atoms with Crippen molar-refractivity contribution in [2.45, 2.75) is 19.4 Å². The van der Waals surface area contributed by atoms with Gasteiger partial charge in [-0.25, -0.2) is 0 Å². The van der Waals surface area contributed by atoms with Gasteiger partial charge in [0.15, 0.2) is 0 Å². The molecule has 0 N–H and O–H groups in total. The minimum absolute atomic E-state index is 0.0172. The summed E-state index contributed by atoms with van der Waals surface area (Å²) in [6.45, 7) is 1.23. The molecule has 2 aromatic carbocycles. The van der Waals surface area contributed by atoms with Gasteiger partial charge in [-0.15, -0.1) is 0 Å². The van der Waals surface area contributed by atoms with E-state index in [9.17, 15) is 4.79 Å². The zero-order chi connectivity index (χ0) is 16.2. The Morgan fingerprint density at radius 1 is 1.17 bits per heavy atom. The van der Waals surface area contributed by atoms with Crippen molar-refractivity contribution in [3.63, 3.8) is 0 Å². The molecule has 0 aromatic heterocycles. The average molecular weight is 330 g/mol. The number of hydrogen-bond acceptors (Lipinski definition) is 2. The van der Waals surface area contributed by atoms with Crippen LogP contribution in [0.4, 0.5) is 0 Å². The summed E-state index contributed by atoms with van der Waals surface area (Å²) < 4.78 is 5.86. The summed E-state index contributed by atoms with van der Waals surface area (Å²) in [5, 5.41) is 0.700. The highest BCUT2D eigenvalue weighted by atomic mass is 35.5. The highest BCUT2D eigenvalue weighted by molar-refractivity contribution is 6.30. The van der Waals surface area contributed by atoms with Crippen LogP contribution in [0.15, 0.2) is 48.5 Å². The zero-order valence-corrected chi connectivity index (χ0v) is 13.9. The van der Waals surface area contributed by atoms with Crippen molar-refractivity contribution in [2.75, 3.05) is 13.6 Å². The monoisotopic (exact) mass is 329 g/mol. The molecule has 1 saturated carbocycles. The van der Waals surface area contributed by atoms with Crippen LogP contribution in [0.25, 0.3) is 0 Å². The van der Waals surface area contributed by atoms with Gasteiger partial charge in [0, 0.05) is 18.6 Å². The van der Waals surface area contributed by atoms with Gasteiger partial charge in [-0.05, 0) is 48.6 Å². The number of nitrogens with zero attached hydrogens (tertiary/aromatic N) is 1. The second-order valence-corrected chi connectivity index (χ2v) is 6.48. The van der Waals surface area contributed by atoms with E-state index in [1.807, 2.05) is 55.6 Å². The number of carbonyl (C=O) groups is 1. The van der Waals surface area contributed by atoms with Gasteiger partial charge in [0.2, 0.25) is 0 Å². The maximum atomic E-state index is 12.6. The molecule has 23 heavy (non-hydrogen) atoms. The molecule has 3 nitrogen and oxygen atoms in total. The fraction of sp³-hybridized carbons (Fsp3) is 0.316. The first kappa shape index (κ1) is 15.9. The fourth-order valence-electron chi connectivity index (χ4n) is 2.49. The van der Waals surface area contributed by atoms with Gasteiger partial charge in [0.25, 0.3) is 5.91 Å². The fourth-order valence-corrected chi connectivity index (χ4v) is 2.61. The number of benzene rings is 2. The maximum absolute atomic E-state index is 12.6. The number of halogens is 1. The van der Waals surface area contributed by atoms with Crippen LogP contribution >= 0.6 is 11.6 Å². The zero-order valence-electron chi connectivity index (χ0n) is 13.2. The number of carbonyl (C=O) groups excluding carboxylic acids is 1. The van der Waals surface area contributed by atoms with E-state index in [0.717, 1.165) is 12.1 Å². The second-order valence-electron chi connectivity index (χ2n) is 6.04. The van der Waals surface area contributed by atoms with Crippen LogP contribution in [-0.4, -0.2) is 24.4 Å². The third-order valence-electron chi connectivity index (χ3n) is 4.00. The van der Waals surface area contributed by atoms with Crippen LogP contribution in [-0.2, 0) is 6.61 Å². The van der Waals surface area contributed by atoms with E-state index < -0.39 is 0 Å². The topological polar surface area (TPSA) is 29.5 Å². The largest absolute Gasteiger partial charge is 0.488 e. The van der Waals surface area contributed by atoms with Gasteiger partial charge >= 0.3 is 0 Å². The third kappa shape index (κ3) is 4.26. The number of ether oxygens (including phenoxy) is 1. The minimum Gasteiger partial charge on any atom is -0.488 e. The quantitative estimate of drug-likeness (QED) is 0.786. The van der Waals surface area contributed by atoms with E-state index >= 15 is 0 Å². The van der Waals surface area contributed by atoms with Crippen LogP contribution in [0.3, 0.4) is 0 Å². The van der Waals surface area contributed by atoms with Crippen molar-refractivity contribution >= 4 is 17.5 Å². The van der Waals surface area contributed by atoms with Gasteiger partial charge in [-0.3, -0.25) is 4.79 Å². The Morgan fingerprint density at radius 2 is 1.87 bits per heavy atom. The normalized spacial score (nSPS) is 13.7. The van der Waals surface area contributed by atoms with Crippen LogP contribution in [0.5, 0.6) is 5.75 Å². The van der Waals surface area contributed by atoms with Crippen molar-refractivity contribution in [1.82, 2.24) is 4.90 Å². The molecule has 0 radical (unpaired) electrons. The highest BCUT2D eigenvalue weighted by Gasteiger charge is 2.26. The molecule has 2 aromatic rings. The Hall–Kier alpha value is -2.00. The van der Waals surface area contributed by atoms with E-state index in [1.165, 1.54) is 12.8 Å². The number of amides is 1. The minimum atomic E-state index is 0.0172. The Kier molecular flexibility index (Phi) is 4.87. The first-order valence-electron chi connectivity index (χ1n) is 7.85. The molecule has 0 unspecified atom stereocenters. The molecule has 0 saturated heterocycles. The van der Waals surface area contributed by atoms with E-state index in [4.69, 9.17) is 16.3 Å². The van der Waals surface area contributed by atoms with Crippen LogP contribution in [0, 0.1) is 5.92 Å². The van der Waals surface area contributed by atoms with Crippen molar-refractivity contribution < 1.29 is 9.53 Å². The molecule has 4 heteroatoms. The molecular formula is C19H20ClNO2. The molecule has 1 aliphatic rings. The van der Waals surface area contributed by atoms with Crippen molar-refractivity contribution in [1.29, 1.82) is 0 Å². The SMILES string of the molecule is CN(CC1CC1)C(=O)c1ccccc1OCc1ccc(Cl)cc1. The predicted molar refractivity (Wildman–Crippen MR) is 91.9 cm³/mol. The Balaban J connectivity index is 1.69. The molecule has 1 aliphatic carbocycles. The molecule has 0 atom stereocenters. The lowest BCUT2D eigenvalue weighted by atomic mass is 10.1. The number of hydrogen-bond donors (Lipinski definition) is 0.